The largest absolute Gasteiger partial charge is 0.479 e. The summed E-state index contributed by atoms with van der Waals surface area (Å²) < 4.78 is 47.0. The lowest BCUT2D eigenvalue weighted by atomic mass is 9.89. The summed E-state index contributed by atoms with van der Waals surface area (Å²) in [6, 6.07) is 1.94. The van der Waals surface area contributed by atoms with Crippen LogP contribution in [0.4, 0.5) is 8.78 Å². The number of aliphatic hydroxyl groups is 3. The van der Waals surface area contributed by atoms with E-state index < -0.39 is 95.2 Å². The zero-order chi connectivity index (χ0) is 32.3. The average Bonchev–Trinajstić information content (AvgIpc) is 2.97. The molecule has 4 aliphatic rings. The van der Waals surface area contributed by atoms with E-state index >= 15 is 0 Å². The van der Waals surface area contributed by atoms with E-state index in [2.05, 4.69) is 5.32 Å². The summed E-state index contributed by atoms with van der Waals surface area (Å²) in [5.74, 6) is -6.11. The van der Waals surface area contributed by atoms with Crippen LogP contribution >= 0.6 is 0 Å². The molecule has 2 saturated heterocycles. The van der Waals surface area contributed by atoms with Crippen LogP contribution in [0.25, 0.3) is 0 Å². The van der Waals surface area contributed by atoms with Crippen molar-refractivity contribution in [3.8, 4) is 5.75 Å². The molecule has 14 nitrogen and oxygen atoms in total. The number of carboxylic acid groups (broad SMARTS) is 1. The smallest absolute Gasteiger partial charge is 0.335 e. The highest BCUT2D eigenvalue weighted by molar-refractivity contribution is 5.99. The first-order valence-corrected chi connectivity index (χ1v) is 14.4. The molecule has 4 heterocycles. The van der Waals surface area contributed by atoms with Crippen LogP contribution in [0.3, 0.4) is 0 Å². The van der Waals surface area contributed by atoms with E-state index in [0.717, 1.165) is 31.2 Å². The number of rotatable bonds is 6. The van der Waals surface area contributed by atoms with E-state index in [1.165, 1.54) is 16.4 Å². The summed E-state index contributed by atoms with van der Waals surface area (Å²) >= 11 is 0. The summed E-state index contributed by atoms with van der Waals surface area (Å²) in [6.07, 6.45) is -7.25. The number of nitrogens with one attached hydrogen (secondary N) is 1. The van der Waals surface area contributed by atoms with Crippen molar-refractivity contribution in [3.63, 3.8) is 0 Å². The maximum atomic E-state index is 14.4. The molecule has 16 heteroatoms. The van der Waals surface area contributed by atoms with Crippen LogP contribution in [0.5, 0.6) is 5.75 Å². The molecule has 2 bridgehead atoms. The third kappa shape index (κ3) is 5.46. The van der Waals surface area contributed by atoms with E-state index in [-0.39, 0.29) is 24.4 Å². The molecule has 6 rings (SSSR count). The Bertz CT molecular complexity index is 1590. The summed E-state index contributed by atoms with van der Waals surface area (Å²) in [4.78, 5) is 54.2. The van der Waals surface area contributed by atoms with Crippen LogP contribution in [0.1, 0.15) is 57.7 Å². The third-order valence-corrected chi connectivity index (χ3v) is 8.68. The average molecular weight is 636 g/mol. The molecule has 1 aromatic heterocycles. The fraction of sp³-hybridized carbons (Fsp3) is 0.517. The van der Waals surface area contributed by atoms with Crippen LogP contribution < -0.4 is 15.5 Å². The van der Waals surface area contributed by atoms with Crippen molar-refractivity contribution in [1.82, 2.24) is 14.8 Å². The van der Waals surface area contributed by atoms with Crippen LogP contribution in [-0.2, 0) is 27.4 Å². The Morgan fingerprint density at radius 2 is 1.78 bits per heavy atom. The van der Waals surface area contributed by atoms with Gasteiger partial charge in [-0.15, -0.1) is 0 Å². The number of aliphatic carboxylic acids is 1. The zero-order valence-corrected chi connectivity index (χ0v) is 23.9. The highest BCUT2D eigenvalue weighted by Gasteiger charge is 2.50. The van der Waals surface area contributed by atoms with Crippen molar-refractivity contribution in [3.05, 3.63) is 62.6 Å². The number of pyridine rings is 1. The van der Waals surface area contributed by atoms with Gasteiger partial charge in [0.2, 0.25) is 11.7 Å². The van der Waals surface area contributed by atoms with E-state index in [9.17, 15) is 48.4 Å². The number of aryl methyl sites for hydroxylation is 1. The lowest BCUT2D eigenvalue weighted by Crippen LogP contribution is -2.62. The molecule has 1 aliphatic carbocycles. The SMILES string of the molecule is Cc1cc(F)c(CNC(=O)c2cn3c(c(O[C@@H]4O[C@H](C(=O)O)[C@@H](O)[C@H](O)[C@H]4O)c2=O)C(=O)N2[C@H]4CCC[C@H](C4)O[C@@H]2C3)c(F)c1. The lowest BCUT2D eigenvalue weighted by molar-refractivity contribution is -0.271. The van der Waals surface area contributed by atoms with Gasteiger partial charge in [-0.25, -0.2) is 13.6 Å². The molecule has 1 aromatic carbocycles. The second-order valence-corrected chi connectivity index (χ2v) is 11.7. The number of aromatic nitrogens is 1. The number of carbonyl (C=O) groups is 3. The minimum Gasteiger partial charge on any atom is -0.479 e. The highest BCUT2D eigenvalue weighted by atomic mass is 19.1. The number of ether oxygens (including phenoxy) is 3. The zero-order valence-electron chi connectivity index (χ0n) is 23.9. The molecule has 1 saturated carbocycles. The van der Waals surface area contributed by atoms with Crippen molar-refractivity contribution < 1.29 is 57.8 Å². The van der Waals surface area contributed by atoms with Gasteiger partial charge in [-0.05, 0) is 50.3 Å². The molecular weight excluding hydrogens is 604 g/mol. The van der Waals surface area contributed by atoms with Crippen molar-refractivity contribution >= 4 is 17.8 Å². The maximum absolute atomic E-state index is 14.4. The van der Waals surface area contributed by atoms with E-state index in [0.29, 0.717) is 18.4 Å². The van der Waals surface area contributed by atoms with Crippen LogP contribution in [0.15, 0.2) is 23.1 Å². The highest BCUT2D eigenvalue weighted by Crippen LogP contribution is 2.38. The Labute approximate surface area is 253 Å². The van der Waals surface area contributed by atoms with Crippen LogP contribution in [-0.4, -0.2) is 96.8 Å². The molecule has 5 N–H and O–H groups in total. The number of hydrogen-bond donors (Lipinski definition) is 5. The third-order valence-electron chi connectivity index (χ3n) is 8.68. The van der Waals surface area contributed by atoms with Gasteiger partial charge in [0.25, 0.3) is 11.8 Å². The minimum absolute atomic E-state index is 0.0423. The van der Waals surface area contributed by atoms with Gasteiger partial charge in [-0.3, -0.25) is 14.4 Å². The van der Waals surface area contributed by atoms with Crippen LogP contribution in [0, 0.1) is 18.6 Å². The molecule has 2 amide bonds. The molecular formula is C29H31F2N3O11. The predicted octanol–water partition coefficient (Wildman–Crippen LogP) is -0.241. The normalized spacial score (nSPS) is 30.7. The van der Waals surface area contributed by atoms with Gasteiger partial charge in [0.1, 0.15) is 35.5 Å². The van der Waals surface area contributed by atoms with E-state index in [4.69, 9.17) is 14.2 Å². The fourth-order valence-electron chi connectivity index (χ4n) is 6.44. The molecule has 45 heavy (non-hydrogen) atoms. The summed E-state index contributed by atoms with van der Waals surface area (Å²) in [6.45, 7) is 0.811. The number of fused-ring (bicyclic) bond motifs is 5. The molecule has 0 radical (unpaired) electrons. The topological polar surface area (TPSA) is 197 Å². The number of amides is 2. The van der Waals surface area contributed by atoms with Gasteiger partial charge >= 0.3 is 5.97 Å². The van der Waals surface area contributed by atoms with Crippen LogP contribution in [0.2, 0.25) is 0 Å². The van der Waals surface area contributed by atoms with E-state index in [1.807, 2.05) is 0 Å². The summed E-state index contributed by atoms with van der Waals surface area (Å²) in [7, 11) is 0. The maximum Gasteiger partial charge on any atom is 0.335 e. The Morgan fingerprint density at radius 1 is 1.07 bits per heavy atom. The summed E-state index contributed by atoms with van der Waals surface area (Å²) in [5, 5.41) is 42.7. The lowest BCUT2D eigenvalue weighted by Gasteiger charge is -2.50. The molecule has 242 valence electrons. The number of nitrogens with zero attached hydrogens (tertiary/aromatic N) is 2. The number of hydrogen-bond acceptors (Lipinski definition) is 10. The van der Waals surface area contributed by atoms with Gasteiger partial charge in [0, 0.05) is 24.3 Å². The standard InChI is InChI=1S/C29H31F2N3O11/c1-11-5-16(30)14(17(31)6-11)8-32-26(39)15-9-33-10-18-34(12-3-2-4-13(7-12)43-18)27(40)19(33)24(20(15)35)44-29-23(38)21(36)22(37)25(45-29)28(41)42/h5-6,9,12-13,18,21-23,25,29,36-38H,2-4,7-8,10H2,1H3,(H,32,39)(H,41,42)/t12-,13+,18+,21-,22-,23+,25-,29+/m0/s1. The number of carbonyl (C=O) groups excluding carboxylic acids is 2. The molecule has 3 aliphatic heterocycles. The van der Waals surface area contributed by atoms with E-state index in [1.54, 1.807) is 0 Å². The van der Waals surface area contributed by atoms with Gasteiger partial charge in [-0.2, -0.15) is 0 Å². The van der Waals surface area contributed by atoms with Gasteiger partial charge in [0.05, 0.1) is 12.6 Å². The van der Waals surface area contributed by atoms with Gasteiger partial charge < -0.3 is 49.4 Å². The molecule has 3 fully saturated rings. The van der Waals surface area contributed by atoms with Crippen molar-refractivity contribution in [2.75, 3.05) is 0 Å². The first-order valence-electron chi connectivity index (χ1n) is 14.4. The predicted molar refractivity (Wildman–Crippen MR) is 145 cm³/mol. The number of halogens is 2. The van der Waals surface area contributed by atoms with Gasteiger partial charge in [-0.1, -0.05) is 0 Å². The molecule has 0 unspecified atom stereocenters. The fourth-order valence-corrected chi connectivity index (χ4v) is 6.44. The Kier molecular flexibility index (Phi) is 8.11. The molecule has 8 atom stereocenters. The van der Waals surface area contributed by atoms with Crippen molar-refractivity contribution in [1.29, 1.82) is 0 Å². The minimum atomic E-state index is -2.08. The quantitative estimate of drug-likeness (QED) is 0.281. The Morgan fingerprint density at radius 3 is 2.47 bits per heavy atom. The Hall–Kier alpha value is -3.96. The first kappa shape index (κ1) is 31.0. The van der Waals surface area contributed by atoms with Gasteiger partial charge in [0.15, 0.2) is 23.8 Å². The number of aliphatic hydroxyl groups excluding tert-OH is 3. The molecule has 0 spiro atoms. The summed E-state index contributed by atoms with van der Waals surface area (Å²) in [5.41, 5.74) is -2.28. The monoisotopic (exact) mass is 635 g/mol. The number of carboxylic acids is 1. The first-order chi connectivity index (χ1) is 21.3. The molecule has 2 aromatic rings. The van der Waals surface area contributed by atoms with Crippen molar-refractivity contribution in [2.45, 2.75) is 94.8 Å². The Balaban J connectivity index is 1.40. The van der Waals surface area contributed by atoms with Crippen molar-refractivity contribution in [2.24, 2.45) is 0 Å². The second kappa shape index (κ2) is 11.8. The second-order valence-electron chi connectivity index (χ2n) is 11.7. The number of benzene rings is 1.